The summed E-state index contributed by atoms with van der Waals surface area (Å²) in [6.07, 6.45) is 4.25. The molecule has 1 atom stereocenters. The molecule has 1 saturated heterocycles. The average molecular weight is 414 g/mol. The van der Waals surface area contributed by atoms with E-state index < -0.39 is 11.6 Å². The van der Waals surface area contributed by atoms with Gasteiger partial charge >= 0.3 is 12.1 Å². The Bertz CT molecular complexity index is 870. The van der Waals surface area contributed by atoms with E-state index in [0.29, 0.717) is 24.5 Å². The third kappa shape index (κ3) is 5.20. The van der Waals surface area contributed by atoms with Gasteiger partial charge in [0, 0.05) is 18.7 Å². The maximum atomic E-state index is 12.8. The minimum absolute atomic E-state index is 0.0275. The molecular formula is C23H31N3O4. The lowest BCUT2D eigenvalue weighted by Crippen LogP contribution is -2.47. The van der Waals surface area contributed by atoms with Crippen molar-refractivity contribution >= 4 is 12.1 Å². The number of imidazole rings is 1. The van der Waals surface area contributed by atoms with Gasteiger partial charge in [0.1, 0.15) is 5.60 Å². The van der Waals surface area contributed by atoms with E-state index in [1.807, 2.05) is 60.6 Å². The summed E-state index contributed by atoms with van der Waals surface area (Å²) in [7, 11) is 0. The van der Waals surface area contributed by atoms with Crippen molar-refractivity contribution in [3.63, 3.8) is 0 Å². The predicted molar refractivity (Wildman–Crippen MR) is 114 cm³/mol. The molecule has 2 heterocycles. The van der Waals surface area contributed by atoms with Crippen LogP contribution in [-0.4, -0.2) is 51.3 Å². The van der Waals surface area contributed by atoms with Crippen LogP contribution in [0.4, 0.5) is 4.79 Å². The number of likely N-dealkylation sites (tertiary alicyclic amines) is 1. The van der Waals surface area contributed by atoms with E-state index in [-0.39, 0.29) is 18.7 Å². The molecule has 1 fully saturated rings. The molecule has 7 heteroatoms. The molecule has 0 aliphatic carbocycles. The molecule has 1 aromatic heterocycles. The molecule has 1 aromatic carbocycles. The van der Waals surface area contributed by atoms with Crippen LogP contribution in [0.2, 0.25) is 0 Å². The minimum Gasteiger partial charge on any atom is -0.461 e. The fraction of sp³-hybridized carbons (Fsp3) is 0.522. The largest absolute Gasteiger partial charge is 0.461 e. The first-order chi connectivity index (χ1) is 14.3. The van der Waals surface area contributed by atoms with Gasteiger partial charge < -0.3 is 18.9 Å². The van der Waals surface area contributed by atoms with Gasteiger partial charge in [-0.3, -0.25) is 0 Å². The van der Waals surface area contributed by atoms with Crippen LogP contribution in [0.5, 0.6) is 0 Å². The number of esters is 1. The minimum atomic E-state index is -0.541. The number of rotatable bonds is 5. The highest BCUT2D eigenvalue weighted by atomic mass is 16.6. The van der Waals surface area contributed by atoms with Gasteiger partial charge in [-0.15, -0.1) is 0 Å². The first-order valence-corrected chi connectivity index (χ1v) is 10.6. The summed E-state index contributed by atoms with van der Waals surface area (Å²) in [5.74, 6) is -0.442. The SMILES string of the molecule is CCOC(=O)c1ncn(CC2CCCCN2C(=O)OC(C)(C)C)c1-c1ccccc1. The Morgan fingerprint density at radius 2 is 1.90 bits per heavy atom. The number of hydrogen-bond acceptors (Lipinski definition) is 5. The fourth-order valence-corrected chi connectivity index (χ4v) is 3.75. The number of benzene rings is 1. The van der Waals surface area contributed by atoms with Crippen molar-refractivity contribution in [2.75, 3.05) is 13.2 Å². The molecule has 1 aliphatic rings. The average Bonchev–Trinajstić information content (AvgIpc) is 3.11. The van der Waals surface area contributed by atoms with Crippen LogP contribution in [0, 0.1) is 0 Å². The lowest BCUT2D eigenvalue weighted by molar-refractivity contribution is 0.00781. The third-order valence-electron chi connectivity index (χ3n) is 5.02. The van der Waals surface area contributed by atoms with Crippen molar-refractivity contribution in [2.24, 2.45) is 0 Å². The molecular weight excluding hydrogens is 382 g/mol. The molecule has 0 N–H and O–H groups in total. The maximum Gasteiger partial charge on any atom is 0.410 e. The molecule has 3 rings (SSSR count). The number of hydrogen-bond donors (Lipinski definition) is 0. The van der Waals surface area contributed by atoms with Crippen molar-refractivity contribution in [3.8, 4) is 11.3 Å². The lowest BCUT2D eigenvalue weighted by atomic mass is 10.0. The summed E-state index contributed by atoms with van der Waals surface area (Å²) in [6.45, 7) is 8.89. The summed E-state index contributed by atoms with van der Waals surface area (Å²) in [4.78, 5) is 31.4. The summed E-state index contributed by atoms with van der Waals surface area (Å²) >= 11 is 0. The quantitative estimate of drug-likeness (QED) is 0.674. The number of aromatic nitrogens is 2. The van der Waals surface area contributed by atoms with Crippen molar-refractivity contribution in [3.05, 3.63) is 42.4 Å². The van der Waals surface area contributed by atoms with E-state index in [1.165, 1.54) is 0 Å². The molecule has 162 valence electrons. The number of amides is 1. The first-order valence-electron chi connectivity index (χ1n) is 10.6. The summed E-state index contributed by atoms with van der Waals surface area (Å²) in [5.41, 5.74) is 1.35. The van der Waals surface area contributed by atoms with Crippen molar-refractivity contribution in [2.45, 2.75) is 65.1 Å². The zero-order chi connectivity index (χ0) is 21.7. The molecule has 1 aliphatic heterocycles. The Morgan fingerprint density at radius 3 is 2.57 bits per heavy atom. The van der Waals surface area contributed by atoms with Crippen molar-refractivity contribution in [1.82, 2.24) is 14.5 Å². The zero-order valence-corrected chi connectivity index (χ0v) is 18.3. The Kier molecular flexibility index (Phi) is 6.80. The number of ether oxygens (including phenoxy) is 2. The highest BCUT2D eigenvalue weighted by Gasteiger charge is 2.32. The van der Waals surface area contributed by atoms with Crippen LogP contribution < -0.4 is 0 Å². The molecule has 0 saturated carbocycles. The van der Waals surface area contributed by atoms with E-state index in [4.69, 9.17) is 9.47 Å². The molecule has 1 unspecified atom stereocenters. The van der Waals surface area contributed by atoms with Gasteiger partial charge in [0.2, 0.25) is 0 Å². The third-order valence-corrected chi connectivity index (χ3v) is 5.02. The highest BCUT2D eigenvalue weighted by Crippen LogP contribution is 2.27. The van der Waals surface area contributed by atoms with Gasteiger partial charge in [-0.2, -0.15) is 0 Å². The van der Waals surface area contributed by atoms with Gasteiger partial charge in [0.25, 0.3) is 0 Å². The molecule has 7 nitrogen and oxygen atoms in total. The van der Waals surface area contributed by atoms with Crippen molar-refractivity contribution in [1.29, 1.82) is 0 Å². The number of piperidine rings is 1. The van der Waals surface area contributed by atoms with Crippen LogP contribution >= 0.6 is 0 Å². The normalized spacial score (nSPS) is 16.9. The number of carbonyl (C=O) groups is 2. The van der Waals surface area contributed by atoms with Crippen molar-refractivity contribution < 1.29 is 19.1 Å². The smallest absolute Gasteiger partial charge is 0.410 e. The van der Waals surface area contributed by atoms with Crippen LogP contribution in [0.1, 0.15) is 57.4 Å². The Balaban J connectivity index is 1.91. The molecule has 0 bridgehead atoms. The van der Waals surface area contributed by atoms with E-state index in [2.05, 4.69) is 4.98 Å². The van der Waals surface area contributed by atoms with Gasteiger partial charge in [0.15, 0.2) is 5.69 Å². The number of nitrogens with zero attached hydrogens (tertiary/aromatic N) is 3. The fourth-order valence-electron chi connectivity index (χ4n) is 3.75. The molecule has 2 aromatic rings. The topological polar surface area (TPSA) is 73.7 Å². The van der Waals surface area contributed by atoms with E-state index >= 15 is 0 Å². The van der Waals surface area contributed by atoms with Crippen LogP contribution in [0.3, 0.4) is 0 Å². The first kappa shape index (κ1) is 21.9. The summed E-state index contributed by atoms with van der Waals surface area (Å²) < 4.78 is 12.8. The lowest BCUT2D eigenvalue weighted by Gasteiger charge is -2.37. The van der Waals surface area contributed by atoms with Gasteiger partial charge in [-0.1, -0.05) is 30.3 Å². The zero-order valence-electron chi connectivity index (χ0n) is 18.3. The van der Waals surface area contributed by atoms with Crippen LogP contribution in [0.15, 0.2) is 36.7 Å². The molecule has 1 amide bonds. The second kappa shape index (κ2) is 9.32. The Hall–Kier alpha value is -2.83. The van der Waals surface area contributed by atoms with Gasteiger partial charge in [-0.25, -0.2) is 14.6 Å². The van der Waals surface area contributed by atoms with Gasteiger partial charge in [0.05, 0.1) is 24.7 Å². The van der Waals surface area contributed by atoms with E-state index in [9.17, 15) is 9.59 Å². The van der Waals surface area contributed by atoms with Gasteiger partial charge in [-0.05, 0) is 47.0 Å². The molecule has 0 spiro atoms. The monoisotopic (exact) mass is 413 g/mol. The predicted octanol–water partition coefficient (Wildman–Crippen LogP) is 4.52. The Morgan fingerprint density at radius 1 is 1.17 bits per heavy atom. The number of carbonyl (C=O) groups excluding carboxylic acids is 2. The highest BCUT2D eigenvalue weighted by molar-refractivity contribution is 5.94. The summed E-state index contributed by atoms with van der Waals surface area (Å²) in [5, 5.41) is 0. The second-order valence-corrected chi connectivity index (χ2v) is 8.50. The van der Waals surface area contributed by atoms with E-state index in [0.717, 1.165) is 24.8 Å². The van der Waals surface area contributed by atoms with E-state index in [1.54, 1.807) is 13.3 Å². The molecule has 0 radical (unpaired) electrons. The van der Waals surface area contributed by atoms with Crippen LogP contribution in [-0.2, 0) is 16.0 Å². The van der Waals surface area contributed by atoms with Crippen LogP contribution in [0.25, 0.3) is 11.3 Å². The second-order valence-electron chi connectivity index (χ2n) is 8.50. The summed E-state index contributed by atoms with van der Waals surface area (Å²) in [6, 6.07) is 9.65. The maximum absolute atomic E-state index is 12.8. The Labute approximate surface area is 178 Å². The standard InChI is InChI=1S/C23H31N3O4/c1-5-29-21(27)19-20(17-11-7-6-8-12-17)25(16-24-19)15-18-13-9-10-14-26(18)22(28)30-23(2,3)4/h6-8,11-12,16,18H,5,9-10,13-15H2,1-4H3. The molecule has 30 heavy (non-hydrogen) atoms.